The Morgan fingerprint density at radius 1 is 1.11 bits per heavy atom. The van der Waals surface area contributed by atoms with Gasteiger partial charge in [-0.1, -0.05) is 37.3 Å². The average molecular weight is 540 g/mol. The molecule has 3 heterocycles. The van der Waals surface area contributed by atoms with Gasteiger partial charge in [0.25, 0.3) is 0 Å². The number of carbonyl (C=O) groups excluding carboxylic acids is 3. The fraction of sp³-hybridized carbons (Fsp3) is 0.552. The van der Waals surface area contributed by atoms with Crippen LogP contribution in [-0.2, 0) is 16.0 Å². The SMILES string of the molecule is CCCN1C(=O)[C@H](CCCCNC(=O)Nc2ccsc2C)NC(=O)C12CCN(CCc1ccccc1)CC2. The van der Waals surface area contributed by atoms with Crippen LogP contribution in [0.15, 0.2) is 41.8 Å². The number of hydrogen-bond acceptors (Lipinski definition) is 5. The molecule has 1 aromatic carbocycles. The molecule has 2 aliphatic rings. The standard InChI is InChI=1S/C29H41N5O3S/c1-3-17-34-26(35)25(11-7-8-16-30-28(37)32-24-13-21-38-22(24)2)31-27(36)29(34)14-19-33(20-15-29)18-12-23-9-5-4-6-10-23/h4-6,9-10,13,21,25H,3,7-8,11-12,14-20H2,1-2H3,(H,31,36)(H2,30,32,37)/t25-/m0/s1. The first-order valence-corrected chi connectivity index (χ1v) is 14.8. The van der Waals surface area contributed by atoms with Crippen molar-refractivity contribution in [2.24, 2.45) is 0 Å². The van der Waals surface area contributed by atoms with E-state index in [0.29, 0.717) is 32.4 Å². The molecule has 0 radical (unpaired) electrons. The second-order valence-corrected chi connectivity index (χ2v) is 11.5. The summed E-state index contributed by atoms with van der Waals surface area (Å²) in [7, 11) is 0. The number of piperidine rings is 1. The number of urea groups is 1. The van der Waals surface area contributed by atoms with Crippen LogP contribution >= 0.6 is 11.3 Å². The lowest BCUT2D eigenvalue weighted by atomic mass is 9.81. The molecule has 2 aromatic rings. The number of anilines is 1. The summed E-state index contributed by atoms with van der Waals surface area (Å²) in [5.74, 6) is 0.0460. The van der Waals surface area contributed by atoms with Crippen LogP contribution in [0.25, 0.3) is 0 Å². The number of likely N-dealkylation sites (tertiary alicyclic amines) is 1. The molecule has 0 bridgehead atoms. The van der Waals surface area contributed by atoms with Crippen molar-refractivity contribution in [3.05, 3.63) is 52.2 Å². The summed E-state index contributed by atoms with van der Waals surface area (Å²) in [5, 5.41) is 10.8. The second kappa shape index (κ2) is 13.2. The molecule has 0 aliphatic carbocycles. The van der Waals surface area contributed by atoms with Gasteiger partial charge in [0, 0.05) is 37.6 Å². The Morgan fingerprint density at radius 3 is 2.55 bits per heavy atom. The van der Waals surface area contributed by atoms with Crippen molar-refractivity contribution in [3.63, 3.8) is 0 Å². The van der Waals surface area contributed by atoms with Gasteiger partial charge in [-0.15, -0.1) is 11.3 Å². The number of piperazine rings is 1. The Labute approximate surface area is 230 Å². The predicted molar refractivity (Wildman–Crippen MR) is 152 cm³/mol. The Hall–Kier alpha value is -2.91. The molecular weight excluding hydrogens is 498 g/mol. The first kappa shape index (κ1) is 28.1. The van der Waals surface area contributed by atoms with E-state index in [0.717, 1.165) is 55.9 Å². The van der Waals surface area contributed by atoms with Gasteiger partial charge in [0.05, 0.1) is 5.69 Å². The van der Waals surface area contributed by atoms with Crippen molar-refractivity contribution < 1.29 is 14.4 Å². The van der Waals surface area contributed by atoms with Crippen molar-refractivity contribution in [1.82, 2.24) is 20.4 Å². The van der Waals surface area contributed by atoms with E-state index >= 15 is 0 Å². The third-order valence-corrected chi connectivity index (χ3v) is 8.66. The number of nitrogens with one attached hydrogen (secondary N) is 3. The fourth-order valence-corrected chi connectivity index (χ4v) is 6.21. The molecule has 0 unspecified atom stereocenters. The summed E-state index contributed by atoms with van der Waals surface area (Å²) in [6.45, 7) is 7.75. The lowest BCUT2D eigenvalue weighted by Gasteiger charge is -2.51. The Kier molecular flexibility index (Phi) is 9.80. The molecule has 206 valence electrons. The van der Waals surface area contributed by atoms with Crippen LogP contribution in [0, 0.1) is 6.92 Å². The van der Waals surface area contributed by atoms with E-state index in [9.17, 15) is 14.4 Å². The molecule has 4 amide bonds. The van der Waals surface area contributed by atoms with Gasteiger partial charge < -0.3 is 25.8 Å². The third-order valence-electron chi connectivity index (χ3n) is 7.81. The van der Waals surface area contributed by atoms with E-state index in [-0.39, 0.29) is 17.8 Å². The smallest absolute Gasteiger partial charge is 0.319 e. The number of benzene rings is 1. The monoisotopic (exact) mass is 539 g/mol. The number of hydrogen-bond donors (Lipinski definition) is 3. The Morgan fingerprint density at radius 2 is 1.87 bits per heavy atom. The lowest BCUT2D eigenvalue weighted by Crippen LogP contribution is -2.72. The van der Waals surface area contributed by atoms with Crippen LogP contribution in [0.5, 0.6) is 0 Å². The van der Waals surface area contributed by atoms with Gasteiger partial charge in [-0.3, -0.25) is 9.59 Å². The molecule has 8 nitrogen and oxygen atoms in total. The highest BCUT2D eigenvalue weighted by molar-refractivity contribution is 7.10. The number of thiophene rings is 1. The zero-order valence-electron chi connectivity index (χ0n) is 22.6. The van der Waals surface area contributed by atoms with Gasteiger partial charge in [-0.05, 0) is 68.9 Å². The maximum absolute atomic E-state index is 13.5. The molecule has 0 saturated carbocycles. The highest BCUT2D eigenvalue weighted by Gasteiger charge is 2.52. The summed E-state index contributed by atoms with van der Waals surface area (Å²) in [4.78, 5) is 44.5. The minimum absolute atomic E-state index is 0.00175. The minimum atomic E-state index is -0.730. The summed E-state index contributed by atoms with van der Waals surface area (Å²) in [6.07, 6.45) is 5.23. The molecule has 1 spiro atoms. The second-order valence-electron chi connectivity index (χ2n) is 10.4. The van der Waals surface area contributed by atoms with E-state index in [1.165, 1.54) is 5.56 Å². The molecule has 1 aromatic heterocycles. The zero-order valence-corrected chi connectivity index (χ0v) is 23.4. The molecule has 1 atom stereocenters. The molecular formula is C29H41N5O3S. The van der Waals surface area contributed by atoms with E-state index in [1.807, 2.05) is 29.3 Å². The number of rotatable bonds is 11. The van der Waals surface area contributed by atoms with E-state index in [1.54, 1.807) is 11.3 Å². The summed E-state index contributed by atoms with van der Waals surface area (Å²) in [5.41, 5.74) is 1.42. The Balaban J connectivity index is 1.24. The highest BCUT2D eigenvalue weighted by atomic mass is 32.1. The maximum Gasteiger partial charge on any atom is 0.319 e. The van der Waals surface area contributed by atoms with E-state index < -0.39 is 11.6 Å². The molecule has 3 N–H and O–H groups in total. The fourth-order valence-electron chi connectivity index (χ4n) is 5.55. The highest BCUT2D eigenvalue weighted by Crippen LogP contribution is 2.34. The molecule has 2 aliphatic heterocycles. The molecule has 4 rings (SSSR count). The summed E-state index contributed by atoms with van der Waals surface area (Å²) in [6, 6.07) is 11.7. The van der Waals surface area contributed by atoms with Gasteiger partial charge in [-0.25, -0.2) is 4.79 Å². The van der Waals surface area contributed by atoms with Crippen LogP contribution < -0.4 is 16.0 Å². The van der Waals surface area contributed by atoms with Crippen LogP contribution in [0.4, 0.5) is 10.5 Å². The van der Waals surface area contributed by atoms with Crippen LogP contribution in [0.3, 0.4) is 0 Å². The zero-order chi connectivity index (χ0) is 27.0. The first-order chi connectivity index (χ1) is 18.4. The van der Waals surface area contributed by atoms with Crippen LogP contribution in [0.2, 0.25) is 0 Å². The van der Waals surface area contributed by atoms with Gasteiger partial charge in [0.1, 0.15) is 11.6 Å². The van der Waals surface area contributed by atoms with Gasteiger partial charge in [0.15, 0.2) is 0 Å². The number of aryl methyl sites for hydroxylation is 1. The van der Waals surface area contributed by atoms with Gasteiger partial charge in [-0.2, -0.15) is 0 Å². The molecule has 2 saturated heterocycles. The van der Waals surface area contributed by atoms with Crippen molar-refractivity contribution in [3.8, 4) is 0 Å². The number of unbranched alkanes of at least 4 members (excludes halogenated alkanes) is 1. The van der Waals surface area contributed by atoms with Crippen LogP contribution in [-0.4, -0.2) is 71.9 Å². The first-order valence-electron chi connectivity index (χ1n) is 13.9. The summed E-state index contributed by atoms with van der Waals surface area (Å²) < 4.78 is 0. The van der Waals surface area contributed by atoms with Crippen molar-refractivity contribution in [1.29, 1.82) is 0 Å². The average Bonchev–Trinajstić information content (AvgIpc) is 3.33. The molecule has 2 fully saturated rings. The van der Waals surface area contributed by atoms with Gasteiger partial charge in [0.2, 0.25) is 11.8 Å². The van der Waals surface area contributed by atoms with Crippen molar-refractivity contribution in [2.75, 3.05) is 38.0 Å². The van der Waals surface area contributed by atoms with E-state index in [4.69, 9.17) is 0 Å². The van der Waals surface area contributed by atoms with E-state index in [2.05, 4.69) is 52.0 Å². The predicted octanol–water partition coefficient (Wildman–Crippen LogP) is 4.16. The largest absolute Gasteiger partial charge is 0.342 e. The molecule has 38 heavy (non-hydrogen) atoms. The normalized spacial score (nSPS) is 19.4. The lowest BCUT2D eigenvalue weighted by molar-refractivity contribution is -0.161. The number of nitrogens with zero attached hydrogens (tertiary/aromatic N) is 2. The third kappa shape index (κ3) is 6.74. The number of carbonyl (C=O) groups is 3. The van der Waals surface area contributed by atoms with Crippen LogP contribution in [0.1, 0.15) is 55.9 Å². The van der Waals surface area contributed by atoms with Crippen molar-refractivity contribution >= 4 is 34.9 Å². The topological polar surface area (TPSA) is 93.8 Å². The number of amides is 4. The quantitative estimate of drug-likeness (QED) is 0.374. The summed E-state index contributed by atoms with van der Waals surface area (Å²) >= 11 is 1.59. The Bertz CT molecular complexity index is 1080. The molecule has 9 heteroatoms. The minimum Gasteiger partial charge on any atom is -0.342 e. The van der Waals surface area contributed by atoms with Gasteiger partial charge >= 0.3 is 6.03 Å². The van der Waals surface area contributed by atoms with Crippen molar-refractivity contribution in [2.45, 2.75) is 70.4 Å². The maximum atomic E-state index is 13.5.